The molecule has 1 aliphatic rings. The molecular formula is C14H15F3N2O2. The fraction of sp³-hybridized carbons (Fsp3) is 0.429. The maximum absolute atomic E-state index is 12.5. The number of ether oxygens (including phenoxy) is 1. The summed E-state index contributed by atoms with van der Waals surface area (Å²) >= 11 is 0. The first-order valence-electron chi connectivity index (χ1n) is 6.40. The highest BCUT2D eigenvalue weighted by molar-refractivity contribution is 5.88. The summed E-state index contributed by atoms with van der Waals surface area (Å²) in [6.45, 7) is 4.33. The van der Waals surface area contributed by atoms with Gasteiger partial charge < -0.3 is 9.64 Å². The van der Waals surface area contributed by atoms with Gasteiger partial charge in [-0.3, -0.25) is 4.79 Å². The highest BCUT2D eigenvalue weighted by Gasteiger charge is 2.34. The van der Waals surface area contributed by atoms with Crippen LogP contribution in [0.5, 0.6) is 5.88 Å². The number of hydrogen-bond donors (Lipinski definition) is 0. The second-order valence-electron chi connectivity index (χ2n) is 5.06. The standard InChI is InChI=1S/C14H15F3N2O2/c1-9(2)6-13(20)19-7-10(8-19)21-12-5-3-4-11(18-12)14(15,16)17/h3-6,10H,7-8H2,1-2H3. The fourth-order valence-corrected chi connectivity index (χ4v) is 1.84. The Kier molecular flexibility index (Phi) is 4.20. The highest BCUT2D eigenvalue weighted by Crippen LogP contribution is 2.29. The molecule has 1 aliphatic heterocycles. The Bertz CT molecular complexity index is 560. The van der Waals surface area contributed by atoms with Crippen molar-refractivity contribution in [1.29, 1.82) is 0 Å². The van der Waals surface area contributed by atoms with E-state index in [9.17, 15) is 18.0 Å². The number of pyridine rings is 1. The Hall–Kier alpha value is -2.05. The number of hydrogen-bond acceptors (Lipinski definition) is 3. The maximum Gasteiger partial charge on any atom is 0.433 e. The van der Waals surface area contributed by atoms with E-state index >= 15 is 0 Å². The molecular weight excluding hydrogens is 285 g/mol. The summed E-state index contributed by atoms with van der Waals surface area (Å²) in [5.41, 5.74) is -0.0966. The molecule has 2 rings (SSSR count). The van der Waals surface area contributed by atoms with Gasteiger partial charge in [-0.2, -0.15) is 13.2 Å². The third kappa shape index (κ3) is 3.96. The number of carbonyl (C=O) groups is 1. The van der Waals surface area contributed by atoms with E-state index in [0.29, 0.717) is 13.1 Å². The van der Waals surface area contributed by atoms with Crippen LogP contribution in [-0.2, 0) is 11.0 Å². The van der Waals surface area contributed by atoms with Gasteiger partial charge in [0, 0.05) is 12.1 Å². The second-order valence-corrected chi connectivity index (χ2v) is 5.06. The SMILES string of the molecule is CC(C)=CC(=O)N1CC(Oc2cccc(C(F)(F)F)n2)C1. The van der Waals surface area contributed by atoms with Crippen molar-refractivity contribution in [3.8, 4) is 5.88 Å². The number of likely N-dealkylation sites (tertiary alicyclic amines) is 1. The number of alkyl halides is 3. The molecule has 1 aromatic rings. The normalized spacial score (nSPS) is 15.4. The molecule has 1 fully saturated rings. The Morgan fingerprint density at radius 2 is 2.05 bits per heavy atom. The van der Waals surface area contributed by atoms with Crippen molar-refractivity contribution in [2.45, 2.75) is 26.1 Å². The zero-order valence-electron chi connectivity index (χ0n) is 11.6. The summed E-state index contributed by atoms with van der Waals surface area (Å²) < 4.78 is 42.9. The van der Waals surface area contributed by atoms with E-state index in [-0.39, 0.29) is 17.9 Å². The summed E-state index contributed by atoms with van der Waals surface area (Å²) in [4.78, 5) is 16.6. The van der Waals surface area contributed by atoms with E-state index < -0.39 is 11.9 Å². The van der Waals surface area contributed by atoms with Crippen molar-refractivity contribution >= 4 is 5.91 Å². The molecule has 114 valence electrons. The van der Waals surface area contributed by atoms with Crippen LogP contribution in [0.4, 0.5) is 13.2 Å². The molecule has 1 saturated heterocycles. The molecule has 0 unspecified atom stereocenters. The molecule has 0 aliphatic carbocycles. The first kappa shape index (κ1) is 15.3. The average Bonchev–Trinajstić information content (AvgIpc) is 2.31. The summed E-state index contributed by atoms with van der Waals surface area (Å²) in [5.74, 6) is -0.198. The number of carbonyl (C=O) groups excluding carboxylic acids is 1. The van der Waals surface area contributed by atoms with Crippen LogP contribution in [0.25, 0.3) is 0 Å². The molecule has 0 atom stereocenters. The predicted molar refractivity (Wildman–Crippen MR) is 69.7 cm³/mol. The second kappa shape index (κ2) is 5.75. The smallest absolute Gasteiger partial charge is 0.433 e. The van der Waals surface area contributed by atoms with Crippen LogP contribution in [-0.4, -0.2) is 35.0 Å². The van der Waals surface area contributed by atoms with Crippen LogP contribution in [0.3, 0.4) is 0 Å². The Balaban J connectivity index is 1.91. The van der Waals surface area contributed by atoms with Crippen LogP contribution in [0.2, 0.25) is 0 Å². The largest absolute Gasteiger partial charge is 0.471 e. The molecule has 21 heavy (non-hydrogen) atoms. The minimum absolute atomic E-state index is 0.0795. The number of halogens is 3. The molecule has 4 nitrogen and oxygen atoms in total. The Morgan fingerprint density at radius 1 is 1.38 bits per heavy atom. The van der Waals surface area contributed by atoms with Crippen molar-refractivity contribution in [3.63, 3.8) is 0 Å². The first-order valence-corrected chi connectivity index (χ1v) is 6.40. The van der Waals surface area contributed by atoms with Crippen molar-refractivity contribution in [3.05, 3.63) is 35.5 Å². The molecule has 0 saturated carbocycles. The third-order valence-electron chi connectivity index (χ3n) is 2.87. The third-order valence-corrected chi connectivity index (χ3v) is 2.87. The van der Waals surface area contributed by atoms with Gasteiger partial charge in [-0.25, -0.2) is 4.98 Å². The van der Waals surface area contributed by atoms with Crippen molar-refractivity contribution in [1.82, 2.24) is 9.88 Å². The van der Waals surface area contributed by atoms with Crippen LogP contribution in [0, 0.1) is 0 Å². The van der Waals surface area contributed by atoms with Gasteiger partial charge in [-0.15, -0.1) is 0 Å². The molecule has 0 spiro atoms. The number of nitrogens with zero attached hydrogens (tertiary/aromatic N) is 2. The van der Waals surface area contributed by atoms with E-state index in [1.165, 1.54) is 18.2 Å². The number of aromatic nitrogens is 1. The van der Waals surface area contributed by atoms with Gasteiger partial charge in [0.25, 0.3) is 0 Å². The van der Waals surface area contributed by atoms with E-state index in [4.69, 9.17) is 4.74 Å². The Labute approximate surface area is 120 Å². The average molecular weight is 300 g/mol. The number of amides is 1. The predicted octanol–water partition coefficient (Wildman–Crippen LogP) is 2.66. The summed E-state index contributed by atoms with van der Waals surface area (Å²) in [6.07, 6.45) is -3.31. The van der Waals surface area contributed by atoms with E-state index in [1.807, 2.05) is 13.8 Å². The lowest BCUT2D eigenvalue weighted by Crippen LogP contribution is -2.55. The Morgan fingerprint density at radius 3 is 2.62 bits per heavy atom. The monoisotopic (exact) mass is 300 g/mol. The van der Waals surface area contributed by atoms with Gasteiger partial charge in [-0.05, 0) is 19.9 Å². The zero-order valence-corrected chi connectivity index (χ0v) is 11.6. The molecule has 7 heteroatoms. The number of allylic oxidation sites excluding steroid dienone is 1. The van der Waals surface area contributed by atoms with Gasteiger partial charge >= 0.3 is 6.18 Å². The van der Waals surface area contributed by atoms with Crippen molar-refractivity contribution in [2.24, 2.45) is 0 Å². The lowest BCUT2D eigenvalue weighted by Gasteiger charge is -2.38. The highest BCUT2D eigenvalue weighted by atomic mass is 19.4. The summed E-state index contributed by atoms with van der Waals surface area (Å²) in [6, 6.07) is 3.50. The van der Waals surface area contributed by atoms with E-state index in [0.717, 1.165) is 11.6 Å². The minimum Gasteiger partial charge on any atom is -0.471 e. The van der Waals surface area contributed by atoms with Crippen molar-refractivity contribution in [2.75, 3.05) is 13.1 Å². The quantitative estimate of drug-likeness (QED) is 0.806. The van der Waals surface area contributed by atoms with E-state index in [2.05, 4.69) is 4.98 Å². The van der Waals surface area contributed by atoms with Gasteiger partial charge in [0.05, 0.1) is 13.1 Å². The van der Waals surface area contributed by atoms with Gasteiger partial charge in [0.2, 0.25) is 11.8 Å². The van der Waals surface area contributed by atoms with Gasteiger partial charge in [0.15, 0.2) is 0 Å². The lowest BCUT2D eigenvalue weighted by atomic mass is 10.1. The van der Waals surface area contributed by atoms with Crippen LogP contribution < -0.4 is 4.74 Å². The van der Waals surface area contributed by atoms with Crippen molar-refractivity contribution < 1.29 is 22.7 Å². The lowest BCUT2D eigenvalue weighted by molar-refractivity contribution is -0.141. The van der Waals surface area contributed by atoms with Gasteiger partial charge in [-0.1, -0.05) is 11.6 Å². The zero-order chi connectivity index (χ0) is 15.6. The minimum atomic E-state index is -4.50. The van der Waals surface area contributed by atoms with Crippen LogP contribution >= 0.6 is 0 Å². The van der Waals surface area contributed by atoms with Crippen LogP contribution in [0.15, 0.2) is 29.8 Å². The summed E-state index contributed by atoms with van der Waals surface area (Å²) in [7, 11) is 0. The van der Waals surface area contributed by atoms with Gasteiger partial charge in [0.1, 0.15) is 11.8 Å². The molecule has 0 aromatic carbocycles. The molecule has 1 amide bonds. The molecule has 2 heterocycles. The summed E-state index contributed by atoms with van der Waals surface area (Å²) in [5, 5.41) is 0. The fourth-order valence-electron chi connectivity index (χ4n) is 1.84. The first-order chi connectivity index (χ1) is 9.75. The number of rotatable bonds is 3. The molecule has 0 N–H and O–H groups in total. The maximum atomic E-state index is 12.5. The van der Waals surface area contributed by atoms with Crippen LogP contribution in [0.1, 0.15) is 19.5 Å². The van der Waals surface area contributed by atoms with E-state index in [1.54, 1.807) is 4.90 Å². The molecule has 1 aromatic heterocycles. The molecule has 0 radical (unpaired) electrons. The topological polar surface area (TPSA) is 42.4 Å². The molecule has 0 bridgehead atoms.